The maximum absolute atomic E-state index is 2.66. The third-order valence-electron chi connectivity index (χ3n) is 15.3. The van der Waals surface area contributed by atoms with Crippen LogP contribution in [0.2, 0.25) is 0 Å². The van der Waals surface area contributed by atoms with Crippen molar-refractivity contribution >= 4 is 57.2 Å². The molecule has 0 fully saturated rings. The highest BCUT2D eigenvalue weighted by molar-refractivity contribution is 7.00. The molecule has 0 spiro atoms. The minimum Gasteiger partial charge on any atom is -0.311 e. The van der Waals surface area contributed by atoms with E-state index in [-0.39, 0.29) is 28.4 Å². The van der Waals surface area contributed by atoms with Gasteiger partial charge in [-0.2, -0.15) is 0 Å². The highest BCUT2D eigenvalue weighted by atomic mass is 15.2. The number of anilines is 6. The fraction of sp³-hybridized carbons (Fsp3) is 0.250. The van der Waals surface area contributed by atoms with Crippen molar-refractivity contribution in [1.29, 1.82) is 0 Å². The maximum Gasteiger partial charge on any atom is 0.252 e. The molecule has 67 heavy (non-hydrogen) atoms. The molecule has 0 N–H and O–H groups in total. The largest absolute Gasteiger partial charge is 0.311 e. The Bertz CT molecular complexity index is 3240. The van der Waals surface area contributed by atoms with E-state index in [1.54, 1.807) is 0 Å². The van der Waals surface area contributed by atoms with Gasteiger partial charge >= 0.3 is 0 Å². The van der Waals surface area contributed by atoms with Crippen LogP contribution in [0.3, 0.4) is 0 Å². The molecule has 0 atom stereocenters. The van der Waals surface area contributed by atoms with Gasteiger partial charge in [0.1, 0.15) is 0 Å². The fourth-order valence-corrected chi connectivity index (χ4v) is 12.0. The third kappa shape index (κ3) is 7.08. The summed E-state index contributed by atoms with van der Waals surface area (Å²) in [5.74, 6) is 0. The van der Waals surface area contributed by atoms with Crippen LogP contribution in [-0.4, -0.2) is 6.71 Å². The molecule has 332 valence electrons. The van der Waals surface area contributed by atoms with E-state index in [0.717, 1.165) is 6.42 Å². The number of aryl methyl sites for hydroxylation is 1. The number of benzene rings is 8. The summed E-state index contributed by atoms with van der Waals surface area (Å²) in [7, 11) is 0. The van der Waals surface area contributed by atoms with Crippen LogP contribution in [0.25, 0.3) is 33.4 Å². The molecule has 8 aromatic rings. The normalized spacial score (nSPS) is 15.5. The van der Waals surface area contributed by atoms with Gasteiger partial charge in [-0.3, -0.25) is 0 Å². The first-order valence-electron chi connectivity index (χ1n) is 24.4. The van der Waals surface area contributed by atoms with Gasteiger partial charge in [0.2, 0.25) is 0 Å². The van der Waals surface area contributed by atoms with Gasteiger partial charge in [-0.25, -0.2) is 0 Å². The van der Waals surface area contributed by atoms with Crippen molar-refractivity contribution < 1.29 is 0 Å². The van der Waals surface area contributed by atoms with E-state index in [9.17, 15) is 0 Å². The molecule has 0 bridgehead atoms. The lowest BCUT2D eigenvalue weighted by atomic mass is 9.33. The van der Waals surface area contributed by atoms with Crippen LogP contribution < -0.4 is 26.2 Å². The van der Waals surface area contributed by atoms with Crippen molar-refractivity contribution in [1.82, 2.24) is 0 Å². The number of rotatable bonds is 5. The van der Waals surface area contributed by atoms with Crippen LogP contribution in [0.5, 0.6) is 0 Å². The zero-order valence-electron chi connectivity index (χ0n) is 41.3. The van der Waals surface area contributed by atoms with E-state index in [1.165, 1.54) is 112 Å². The molecule has 0 aromatic heterocycles. The minimum absolute atomic E-state index is 0.0112. The first kappa shape index (κ1) is 43.0. The highest BCUT2D eigenvalue weighted by Gasteiger charge is 2.49. The molecule has 11 rings (SSSR count). The maximum atomic E-state index is 2.66. The second-order valence-electron chi connectivity index (χ2n) is 23.0. The van der Waals surface area contributed by atoms with E-state index in [2.05, 4.69) is 256 Å². The van der Waals surface area contributed by atoms with Crippen LogP contribution in [0.1, 0.15) is 103 Å². The van der Waals surface area contributed by atoms with Gasteiger partial charge in [-0.1, -0.05) is 191 Å². The molecule has 1 aliphatic carbocycles. The number of nitrogens with zero attached hydrogens (tertiary/aromatic N) is 2. The van der Waals surface area contributed by atoms with E-state index in [4.69, 9.17) is 0 Å². The molecular formula is C64H63BN2. The van der Waals surface area contributed by atoms with Gasteiger partial charge in [-0.15, -0.1) is 0 Å². The molecule has 8 aromatic carbocycles. The van der Waals surface area contributed by atoms with Crippen LogP contribution in [-0.2, 0) is 21.7 Å². The average molecular weight is 871 g/mol. The summed E-state index contributed by atoms with van der Waals surface area (Å²) in [6, 6.07) is 64.9. The first-order valence-corrected chi connectivity index (χ1v) is 24.4. The van der Waals surface area contributed by atoms with E-state index in [1.807, 2.05) is 0 Å². The van der Waals surface area contributed by atoms with E-state index < -0.39 is 0 Å². The van der Waals surface area contributed by atoms with Crippen LogP contribution in [0.4, 0.5) is 34.1 Å². The molecule has 3 heteroatoms. The molecule has 0 radical (unpaired) electrons. The SMILES string of the molecule is Cc1cc(-c2ccccc2)ccc1N1c2cc3c(cc2B2c4cc(-c5ccccc5)ccc4N(c4ccc(C(C)(C)C)cc4-c4ccccc4)c4cc(C(C)(C)C)cc1c42)C(C)(C)CC3(C)C. The minimum atomic E-state index is -0.134. The van der Waals surface area contributed by atoms with E-state index in [0.29, 0.717) is 0 Å². The lowest BCUT2D eigenvalue weighted by Gasteiger charge is -2.46. The van der Waals surface area contributed by atoms with Crippen molar-refractivity contribution in [3.63, 3.8) is 0 Å². The summed E-state index contributed by atoms with van der Waals surface area (Å²) in [4.78, 5) is 5.30. The second kappa shape index (κ2) is 15.2. The Morgan fingerprint density at radius 1 is 0.403 bits per heavy atom. The summed E-state index contributed by atoms with van der Waals surface area (Å²) < 4.78 is 0. The molecule has 0 saturated heterocycles. The summed E-state index contributed by atoms with van der Waals surface area (Å²) >= 11 is 0. The Hall–Kier alpha value is -6.58. The molecule has 2 heterocycles. The van der Waals surface area contributed by atoms with E-state index >= 15 is 0 Å². The zero-order valence-corrected chi connectivity index (χ0v) is 41.3. The van der Waals surface area contributed by atoms with Gasteiger partial charge < -0.3 is 9.80 Å². The Labute approximate surface area is 400 Å². The predicted molar refractivity (Wildman–Crippen MR) is 290 cm³/mol. The molecule has 2 aliphatic heterocycles. The summed E-state index contributed by atoms with van der Waals surface area (Å²) in [5, 5.41) is 0. The third-order valence-corrected chi connectivity index (χ3v) is 15.3. The Balaban J connectivity index is 1.28. The van der Waals surface area contributed by atoms with Gasteiger partial charge in [-0.05, 0) is 156 Å². The Morgan fingerprint density at radius 2 is 0.881 bits per heavy atom. The molecule has 0 unspecified atom stereocenters. The van der Waals surface area contributed by atoms with Crippen molar-refractivity contribution in [3.8, 4) is 33.4 Å². The van der Waals surface area contributed by atoms with Crippen molar-refractivity contribution in [2.24, 2.45) is 0 Å². The summed E-state index contributed by atoms with van der Waals surface area (Å²) in [6.07, 6.45) is 1.11. The monoisotopic (exact) mass is 871 g/mol. The molecular weight excluding hydrogens is 808 g/mol. The number of hydrogen-bond acceptors (Lipinski definition) is 2. The first-order chi connectivity index (χ1) is 31.9. The molecule has 2 nitrogen and oxygen atoms in total. The van der Waals surface area contributed by atoms with Crippen molar-refractivity contribution in [2.45, 2.75) is 104 Å². The smallest absolute Gasteiger partial charge is 0.252 e. The number of fused-ring (bicyclic) bond motifs is 5. The van der Waals surface area contributed by atoms with Crippen molar-refractivity contribution in [2.75, 3.05) is 9.80 Å². The Morgan fingerprint density at radius 3 is 1.43 bits per heavy atom. The number of hydrogen-bond donors (Lipinski definition) is 0. The molecule has 0 amide bonds. The van der Waals surface area contributed by atoms with Crippen LogP contribution in [0.15, 0.2) is 170 Å². The lowest BCUT2D eigenvalue weighted by Crippen LogP contribution is -2.61. The quantitative estimate of drug-likeness (QED) is 0.159. The topological polar surface area (TPSA) is 6.48 Å². The summed E-state index contributed by atoms with van der Waals surface area (Å²) in [6.45, 7) is 26.2. The van der Waals surface area contributed by atoms with Crippen molar-refractivity contribution in [3.05, 3.63) is 198 Å². The highest BCUT2D eigenvalue weighted by Crippen LogP contribution is 2.54. The van der Waals surface area contributed by atoms with Gasteiger partial charge in [0.15, 0.2) is 0 Å². The van der Waals surface area contributed by atoms with Crippen LogP contribution >= 0.6 is 0 Å². The van der Waals surface area contributed by atoms with Gasteiger partial charge in [0.25, 0.3) is 6.71 Å². The molecule has 3 aliphatic rings. The van der Waals surface area contributed by atoms with Crippen LogP contribution in [0, 0.1) is 6.92 Å². The van der Waals surface area contributed by atoms with Gasteiger partial charge in [0.05, 0.1) is 5.69 Å². The second-order valence-corrected chi connectivity index (χ2v) is 23.0. The fourth-order valence-electron chi connectivity index (χ4n) is 12.0. The van der Waals surface area contributed by atoms with Gasteiger partial charge in [0, 0.05) is 34.0 Å². The predicted octanol–water partition coefficient (Wildman–Crippen LogP) is 15.6. The molecule has 0 saturated carbocycles. The lowest BCUT2D eigenvalue weighted by molar-refractivity contribution is 0.403. The standard InChI is InChI=1S/C64H63BN2/c1-41-33-45(42-21-15-12-16-22-42)27-30-54(41)66-57-39-51-50(63(8,9)40-64(51,10)11)38-53(57)65-52-34-46(43-23-17-13-18-24-43)28-31-56(52)67(59-37-48(62(5,6)7)36-58(66)60(59)65)55-32-29-47(61(2,3)4)35-49(55)44-25-19-14-20-26-44/h12-39H,40H2,1-11H3. The summed E-state index contributed by atoms with van der Waals surface area (Å²) in [5.41, 5.74) is 25.7. The average Bonchev–Trinajstić information content (AvgIpc) is 3.49. The Kier molecular flexibility index (Phi) is 9.78. The zero-order chi connectivity index (χ0) is 46.8.